The number of nitrogens with zero attached hydrogens (tertiary/aromatic N) is 2. The number of likely N-dealkylation sites (N-methyl/N-ethyl adjacent to an activating group) is 1. The average Bonchev–Trinajstić information content (AvgIpc) is 2.46. The molecule has 2 rings (SSSR count). The van der Waals surface area contributed by atoms with Gasteiger partial charge in [-0.2, -0.15) is 0 Å². The van der Waals surface area contributed by atoms with Crippen molar-refractivity contribution in [1.29, 1.82) is 0 Å². The molecule has 1 aliphatic rings. The summed E-state index contributed by atoms with van der Waals surface area (Å²) in [4.78, 5) is 4.99. The van der Waals surface area contributed by atoms with Crippen molar-refractivity contribution in [2.45, 2.75) is 45.8 Å². The van der Waals surface area contributed by atoms with Crippen LogP contribution in [-0.4, -0.2) is 43.7 Å². The minimum absolute atomic E-state index is 0.513. The molecule has 0 aliphatic carbocycles. The highest BCUT2D eigenvalue weighted by Gasteiger charge is 2.23. The second-order valence-corrected chi connectivity index (χ2v) is 7.15. The average molecular weight is 354 g/mol. The number of hydrogen-bond acceptors (Lipinski definition) is 3. The van der Waals surface area contributed by atoms with Crippen molar-refractivity contribution in [2.24, 2.45) is 0 Å². The van der Waals surface area contributed by atoms with Crippen molar-refractivity contribution in [1.82, 2.24) is 10.2 Å². The number of halogens is 1. The molecule has 1 saturated heterocycles. The zero-order valence-electron chi connectivity index (χ0n) is 13.7. The third-order valence-electron chi connectivity index (χ3n) is 4.35. The zero-order valence-corrected chi connectivity index (χ0v) is 15.3. The Morgan fingerprint density at radius 1 is 1.33 bits per heavy atom. The van der Waals surface area contributed by atoms with E-state index in [0.29, 0.717) is 12.1 Å². The predicted octanol–water partition coefficient (Wildman–Crippen LogP) is 3.48. The van der Waals surface area contributed by atoms with Crippen LogP contribution in [0.15, 0.2) is 22.7 Å². The Labute approximate surface area is 137 Å². The Kier molecular flexibility index (Phi) is 6.08. The van der Waals surface area contributed by atoms with Gasteiger partial charge >= 0.3 is 0 Å². The van der Waals surface area contributed by atoms with Crippen LogP contribution in [0.4, 0.5) is 5.69 Å². The van der Waals surface area contributed by atoms with Gasteiger partial charge in [0.25, 0.3) is 0 Å². The first-order chi connectivity index (χ1) is 10.0. The first-order valence-electron chi connectivity index (χ1n) is 7.98. The van der Waals surface area contributed by atoms with Crippen LogP contribution in [0.1, 0.15) is 32.8 Å². The first kappa shape index (κ1) is 16.8. The van der Waals surface area contributed by atoms with E-state index in [0.717, 1.165) is 26.2 Å². The van der Waals surface area contributed by atoms with Crippen LogP contribution in [0.2, 0.25) is 0 Å². The summed E-state index contributed by atoms with van der Waals surface area (Å²) in [5, 5.41) is 3.47. The minimum atomic E-state index is 0.513. The van der Waals surface area contributed by atoms with Gasteiger partial charge in [-0.3, -0.25) is 4.90 Å². The molecule has 1 aromatic rings. The van der Waals surface area contributed by atoms with E-state index in [4.69, 9.17) is 0 Å². The quantitative estimate of drug-likeness (QED) is 0.874. The molecule has 0 aromatic heterocycles. The molecule has 118 valence electrons. The molecule has 0 amide bonds. The molecule has 4 heteroatoms. The van der Waals surface area contributed by atoms with Gasteiger partial charge in [-0.15, -0.1) is 0 Å². The van der Waals surface area contributed by atoms with E-state index in [2.05, 4.69) is 77.1 Å². The molecule has 3 nitrogen and oxygen atoms in total. The fraction of sp³-hybridized carbons (Fsp3) is 0.647. The lowest BCUT2D eigenvalue weighted by molar-refractivity contribution is 0.213. The Bertz CT molecular complexity index is 461. The molecular formula is C17H28BrN3. The lowest BCUT2D eigenvalue weighted by atomic mass is 10.1. The summed E-state index contributed by atoms with van der Waals surface area (Å²) in [5.41, 5.74) is 2.66. The highest BCUT2D eigenvalue weighted by molar-refractivity contribution is 9.10. The fourth-order valence-corrected chi connectivity index (χ4v) is 3.32. The first-order valence-corrected chi connectivity index (χ1v) is 8.77. The standard InChI is InChI=1S/C17H28BrN3/c1-5-15-12-21(9-8-20(15)4)16-7-6-14(17(18)10-16)11-19-13(2)3/h6-7,10,13,15,19H,5,8-9,11-12H2,1-4H3. The summed E-state index contributed by atoms with van der Waals surface area (Å²) in [6.07, 6.45) is 1.21. The highest BCUT2D eigenvalue weighted by atomic mass is 79.9. The van der Waals surface area contributed by atoms with Gasteiger partial charge in [0.05, 0.1) is 0 Å². The van der Waals surface area contributed by atoms with Crippen molar-refractivity contribution in [3.63, 3.8) is 0 Å². The number of hydrogen-bond donors (Lipinski definition) is 1. The smallest absolute Gasteiger partial charge is 0.0378 e. The van der Waals surface area contributed by atoms with Crippen LogP contribution in [0.5, 0.6) is 0 Å². The molecule has 1 heterocycles. The molecular weight excluding hydrogens is 326 g/mol. The van der Waals surface area contributed by atoms with Crippen LogP contribution in [0, 0.1) is 0 Å². The Morgan fingerprint density at radius 2 is 2.10 bits per heavy atom. The molecule has 21 heavy (non-hydrogen) atoms. The fourth-order valence-electron chi connectivity index (χ4n) is 2.81. The summed E-state index contributed by atoms with van der Waals surface area (Å²) >= 11 is 3.73. The third kappa shape index (κ3) is 4.44. The number of rotatable bonds is 5. The molecule has 1 aliphatic heterocycles. The van der Waals surface area contributed by atoms with Crippen molar-refractivity contribution in [2.75, 3.05) is 31.6 Å². The Morgan fingerprint density at radius 3 is 2.71 bits per heavy atom. The topological polar surface area (TPSA) is 18.5 Å². The van der Waals surface area contributed by atoms with E-state index in [9.17, 15) is 0 Å². The number of piperazine rings is 1. The van der Waals surface area contributed by atoms with Gasteiger partial charge in [-0.25, -0.2) is 0 Å². The van der Waals surface area contributed by atoms with Crippen molar-refractivity contribution in [3.05, 3.63) is 28.2 Å². The van der Waals surface area contributed by atoms with E-state index in [1.807, 2.05) is 0 Å². The normalized spacial score (nSPS) is 20.3. The number of nitrogens with one attached hydrogen (secondary N) is 1. The van der Waals surface area contributed by atoms with Gasteiger partial charge in [-0.1, -0.05) is 42.8 Å². The molecule has 0 radical (unpaired) electrons. The summed E-state index contributed by atoms with van der Waals surface area (Å²) in [7, 11) is 2.24. The van der Waals surface area contributed by atoms with E-state index in [1.54, 1.807) is 0 Å². The van der Waals surface area contributed by atoms with E-state index in [1.165, 1.54) is 22.1 Å². The lowest BCUT2D eigenvalue weighted by Gasteiger charge is -2.40. The predicted molar refractivity (Wildman–Crippen MR) is 95.0 cm³/mol. The minimum Gasteiger partial charge on any atom is -0.369 e. The summed E-state index contributed by atoms with van der Waals surface area (Å²) < 4.78 is 1.21. The zero-order chi connectivity index (χ0) is 15.4. The summed E-state index contributed by atoms with van der Waals surface area (Å²) in [6, 6.07) is 7.96. The molecule has 0 bridgehead atoms. The van der Waals surface area contributed by atoms with Gasteiger partial charge < -0.3 is 10.2 Å². The highest BCUT2D eigenvalue weighted by Crippen LogP contribution is 2.26. The van der Waals surface area contributed by atoms with Crippen LogP contribution in [0.25, 0.3) is 0 Å². The van der Waals surface area contributed by atoms with Gasteiger partial charge in [0.2, 0.25) is 0 Å². The van der Waals surface area contributed by atoms with Crippen LogP contribution >= 0.6 is 15.9 Å². The van der Waals surface area contributed by atoms with Crippen LogP contribution in [0.3, 0.4) is 0 Å². The van der Waals surface area contributed by atoms with E-state index < -0.39 is 0 Å². The van der Waals surface area contributed by atoms with Gasteiger partial charge in [0.1, 0.15) is 0 Å². The lowest BCUT2D eigenvalue weighted by Crippen LogP contribution is -2.51. The third-order valence-corrected chi connectivity index (χ3v) is 5.09. The maximum absolute atomic E-state index is 3.73. The molecule has 1 unspecified atom stereocenters. The SMILES string of the molecule is CCC1CN(c2ccc(CNC(C)C)c(Br)c2)CCN1C. The van der Waals surface area contributed by atoms with Crippen molar-refractivity contribution < 1.29 is 0 Å². The molecule has 0 saturated carbocycles. The van der Waals surface area contributed by atoms with E-state index in [-0.39, 0.29) is 0 Å². The maximum atomic E-state index is 3.73. The largest absolute Gasteiger partial charge is 0.369 e. The van der Waals surface area contributed by atoms with Crippen molar-refractivity contribution in [3.8, 4) is 0 Å². The number of benzene rings is 1. The molecule has 1 fully saturated rings. The maximum Gasteiger partial charge on any atom is 0.0378 e. The van der Waals surface area contributed by atoms with Gasteiger partial charge in [0, 0.05) is 48.4 Å². The van der Waals surface area contributed by atoms with Gasteiger partial charge in [0.15, 0.2) is 0 Å². The Hall–Kier alpha value is -0.580. The molecule has 0 spiro atoms. The second kappa shape index (κ2) is 7.61. The monoisotopic (exact) mass is 353 g/mol. The molecule has 1 N–H and O–H groups in total. The molecule has 1 aromatic carbocycles. The van der Waals surface area contributed by atoms with E-state index >= 15 is 0 Å². The van der Waals surface area contributed by atoms with Gasteiger partial charge in [-0.05, 0) is 31.2 Å². The summed E-state index contributed by atoms with van der Waals surface area (Å²) in [5.74, 6) is 0. The Balaban J connectivity index is 2.05. The second-order valence-electron chi connectivity index (χ2n) is 6.30. The van der Waals surface area contributed by atoms with Crippen LogP contribution in [-0.2, 0) is 6.54 Å². The molecule has 1 atom stereocenters. The van der Waals surface area contributed by atoms with Crippen LogP contribution < -0.4 is 10.2 Å². The number of anilines is 1. The van der Waals surface area contributed by atoms with Crippen molar-refractivity contribution >= 4 is 21.6 Å². The summed E-state index contributed by atoms with van der Waals surface area (Å²) in [6.45, 7) is 10.9.